The van der Waals surface area contributed by atoms with Gasteiger partial charge in [0.25, 0.3) is 0 Å². The van der Waals surface area contributed by atoms with E-state index < -0.39 is 0 Å². The quantitative estimate of drug-likeness (QED) is 0.360. The molecule has 3 aliphatic carbocycles. The summed E-state index contributed by atoms with van der Waals surface area (Å²) in [5, 5.41) is 13.6. The predicted molar refractivity (Wildman–Crippen MR) is 160 cm³/mol. The van der Waals surface area contributed by atoms with E-state index in [1.54, 1.807) is 11.8 Å². The summed E-state index contributed by atoms with van der Waals surface area (Å²) in [5.74, 6) is 2.26. The largest absolute Gasteiger partial charge is 0.508 e. The van der Waals surface area contributed by atoms with Gasteiger partial charge < -0.3 is 5.11 Å². The summed E-state index contributed by atoms with van der Waals surface area (Å²) < 4.78 is 0. The molecule has 1 saturated carbocycles. The molecule has 4 heteroatoms. The van der Waals surface area contributed by atoms with E-state index in [1.807, 2.05) is 12.1 Å². The maximum absolute atomic E-state index is 10.1. The van der Waals surface area contributed by atoms with Crippen molar-refractivity contribution in [1.29, 1.82) is 0 Å². The number of nitrogens with zero attached hydrogens (tertiary/aromatic N) is 2. The summed E-state index contributed by atoms with van der Waals surface area (Å²) in [7, 11) is 0. The van der Waals surface area contributed by atoms with Crippen molar-refractivity contribution in [2.24, 2.45) is 22.2 Å². The number of allylic oxidation sites excluding steroid dienone is 1. The van der Waals surface area contributed by atoms with Crippen LogP contribution in [0.5, 0.6) is 5.75 Å². The number of benzene rings is 3. The van der Waals surface area contributed by atoms with Gasteiger partial charge in [0.15, 0.2) is 5.17 Å². The van der Waals surface area contributed by atoms with Crippen LogP contribution in [0.25, 0.3) is 5.70 Å². The Labute approximate surface area is 235 Å². The Hall–Kier alpha value is -3.24. The van der Waals surface area contributed by atoms with Crippen LogP contribution in [0.4, 0.5) is 0 Å². The minimum absolute atomic E-state index is 0.0940. The Bertz CT molecular complexity index is 1570. The zero-order chi connectivity index (χ0) is 26.3. The first kappa shape index (κ1) is 23.6. The molecule has 196 valence electrons. The van der Waals surface area contributed by atoms with E-state index in [1.165, 1.54) is 64.0 Å². The Morgan fingerprint density at radius 3 is 2.64 bits per heavy atom. The van der Waals surface area contributed by atoms with Gasteiger partial charge in [-0.25, -0.2) is 4.99 Å². The van der Waals surface area contributed by atoms with E-state index in [-0.39, 0.29) is 11.5 Å². The molecule has 2 unspecified atom stereocenters. The molecule has 3 aromatic rings. The molecule has 39 heavy (non-hydrogen) atoms. The molecule has 5 atom stereocenters. The second kappa shape index (κ2) is 8.63. The minimum atomic E-state index is 0.0940. The van der Waals surface area contributed by atoms with E-state index in [0.717, 1.165) is 18.0 Å². The van der Waals surface area contributed by atoms with Gasteiger partial charge in [0.05, 0.1) is 5.70 Å². The third-order valence-electron chi connectivity index (χ3n) is 10.3. The Kier molecular flexibility index (Phi) is 5.23. The number of fused-ring (bicyclic) bond motifs is 8. The second-order valence-corrected chi connectivity index (χ2v) is 13.2. The highest BCUT2D eigenvalue weighted by atomic mass is 32.2. The molecule has 8 rings (SSSR count). The van der Waals surface area contributed by atoms with Crippen molar-refractivity contribution >= 4 is 22.6 Å². The number of thioether (sulfide) groups is 1. The molecule has 3 aromatic carbocycles. The molecular formula is C35H34N2OS. The Morgan fingerprint density at radius 2 is 1.82 bits per heavy atom. The number of aryl methyl sites for hydroxylation is 2. The highest BCUT2D eigenvalue weighted by molar-refractivity contribution is 8.16. The summed E-state index contributed by atoms with van der Waals surface area (Å²) in [6.07, 6.45) is 5.80. The topological polar surface area (TPSA) is 35.8 Å². The third-order valence-corrected chi connectivity index (χ3v) is 11.2. The van der Waals surface area contributed by atoms with Crippen LogP contribution in [0.15, 0.2) is 94.5 Å². The van der Waals surface area contributed by atoms with Crippen LogP contribution in [0.3, 0.4) is 0 Å². The standard InChI is InChI=1S/C35H34N2OS/c1-21-8-10-23(11-9-21)32-29-19-30-28-14-12-24-18-25(38)13-15-26(24)27(28)16-17-35(30,2)33(29)37-31(20-39-34(37)36-32)22-6-4-3-5-7-22/h3-11,13,15,18,20,27-28,30,32,38H,12,14,16-17,19H2,1-2H3/t27-,28?,30+,32?,35+/m1/s1. The van der Waals surface area contributed by atoms with Gasteiger partial charge in [-0.2, -0.15) is 0 Å². The van der Waals surface area contributed by atoms with Gasteiger partial charge in [-0.05, 0) is 96.7 Å². The molecule has 0 amide bonds. The van der Waals surface area contributed by atoms with Gasteiger partial charge in [0.1, 0.15) is 11.8 Å². The highest BCUT2D eigenvalue weighted by Crippen LogP contribution is 2.67. The summed E-state index contributed by atoms with van der Waals surface area (Å²) in [4.78, 5) is 8.02. The van der Waals surface area contributed by atoms with Crippen LogP contribution in [0.1, 0.15) is 72.4 Å². The van der Waals surface area contributed by atoms with Crippen molar-refractivity contribution in [3.63, 3.8) is 0 Å². The first-order valence-electron chi connectivity index (χ1n) is 14.4. The van der Waals surface area contributed by atoms with E-state index in [4.69, 9.17) is 4.99 Å². The lowest BCUT2D eigenvalue weighted by atomic mass is 9.55. The summed E-state index contributed by atoms with van der Waals surface area (Å²) >= 11 is 1.79. The number of phenols is 1. The van der Waals surface area contributed by atoms with Crippen LogP contribution in [-0.2, 0) is 6.42 Å². The van der Waals surface area contributed by atoms with E-state index >= 15 is 0 Å². The molecule has 1 N–H and O–H groups in total. The highest BCUT2D eigenvalue weighted by Gasteiger charge is 2.58. The van der Waals surface area contributed by atoms with Gasteiger partial charge in [-0.1, -0.05) is 84.9 Å². The monoisotopic (exact) mass is 530 g/mol. The minimum Gasteiger partial charge on any atom is -0.508 e. The number of aromatic hydroxyl groups is 1. The Morgan fingerprint density at radius 1 is 1.00 bits per heavy atom. The second-order valence-electron chi connectivity index (χ2n) is 12.4. The molecule has 0 spiro atoms. The van der Waals surface area contributed by atoms with Crippen molar-refractivity contribution in [1.82, 2.24) is 4.90 Å². The maximum atomic E-state index is 10.1. The average molecular weight is 531 g/mol. The van der Waals surface area contributed by atoms with Crippen molar-refractivity contribution in [2.75, 3.05) is 0 Å². The Balaban J connectivity index is 1.25. The van der Waals surface area contributed by atoms with Gasteiger partial charge >= 0.3 is 0 Å². The molecule has 5 aliphatic rings. The number of hydrogen-bond donors (Lipinski definition) is 1. The number of hydrogen-bond acceptors (Lipinski definition) is 4. The molecule has 0 radical (unpaired) electrons. The maximum Gasteiger partial charge on any atom is 0.173 e. The van der Waals surface area contributed by atoms with E-state index in [2.05, 4.69) is 84.8 Å². The SMILES string of the molecule is Cc1ccc(C2N=C3SC=C(c4ccccc4)N3C3=C2C[C@H]2C4CCc5cc(O)ccc5[C@H]4CC[C@]32C)cc1. The van der Waals surface area contributed by atoms with Gasteiger partial charge in [-0.3, -0.25) is 4.90 Å². The van der Waals surface area contributed by atoms with E-state index in [9.17, 15) is 5.11 Å². The van der Waals surface area contributed by atoms with Gasteiger partial charge in [0, 0.05) is 16.5 Å². The lowest BCUT2D eigenvalue weighted by molar-refractivity contribution is 0.0665. The smallest absolute Gasteiger partial charge is 0.173 e. The molecule has 2 heterocycles. The van der Waals surface area contributed by atoms with Crippen LogP contribution in [0.2, 0.25) is 0 Å². The summed E-state index contributed by atoms with van der Waals surface area (Å²) in [6.45, 7) is 4.74. The lowest BCUT2D eigenvalue weighted by Crippen LogP contribution is -2.44. The number of phenolic OH excluding ortho intramolecular Hbond substituents is 1. The fourth-order valence-corrected chi connectivity index (χ4v) is 9.46. The average Bonchev–Trinajstić information content (AvgIpc) is 3.51. The fourth-order valence-electron chi connectivity index (χ4n) is 8.54. The summed E-state index contributed by atoms with van der Waals surface area (Å²) in [5.41, 5.74) is 11.2. The zero-order valence-corrected chi connectivity index (χ0v) is 23.4. The first-order valence-corrected chi connectivity index (χ1v) is 15.3. The van der Waals surface area contributed by atoms with Crippen LogP contribution in [-0.4, -0.2) is 15.2 Å². The van der Waals surface area contributed by atoms with Crippen molar-refractivity contribution < 1.29 is 5.11 Å². The zero-order valence-electron chi connectivity index (χ0n) is 22.6. The van der Waals surface area contributed by atoms with Crippen LogP contribution in [0, 0.1) is 24.2 Å². The number of amidine groups is 1. The molecule has 0 aromatic heterocycles. The molecule has 3 nitrogen and oxygen atoms in total. The molecular weight excluding hydrogens is 496 g/mol. The molecule has 0 saturated heterocycles. The number of rotatable bonds is 2. The third kappa shape index (κ3) is 3.47. The van der Waals surface area contributed by atoms with E-state index in [0.29, 0.717) is 23.5 Å². The van der Waals surface area contributed by atoms with Gasteiger partial charge in [-0.15, -0.1) is 0 Å². The van der Waals surface area contributed by atoms with Crippen molar-refractivity contribution in [2.45, 2.75) is 57.9 Å². The van der Waals surface area contributed by atoms with Crippen LogP contribution < -0.4 is 0 Å². The summed E-state index contributed by atoms with van der Waals surface area (Å²) in [6, 6.07) is 26.2. The molecule has 1 fully saturated rings. The molecule has 2 aliphatic heterocycles. The fraction of sp³-hybridized carbons (Fsp3) is 0.343. The van der Waals surface area contributed by atoms with Crippen LogP contribution >= 0.6 is 11.8 Å². The van der Waals surface area contributed by atoms with Crippen molar-refractivity contribution in [3.05, 3.63) is 117 Å². The predicted octanol–water partition coefficient (Wildman–Crippen LogP) is 8.58. The molecule has 0 bridgehead atoms. The van der Waals surface area contributed by atoms with Gasteiger partial charge in [0.2, 0.25) is 0 Å². The lowest BCUT2D eigenvalue weighted by Gasteiger charge is -2.51. The normalized spacial score (nSPS) is 30.6. The van der Waals surface area contributed by atoms with Crippen molar-refractivity contribution in [3.8, 4) is 5.75 Å². The number of aliphatic imine (C=N–C) groups is 1. The first-order chi connectivity index (χ1) is 19.0.